The minimum absolute atomic E-state index is 0.867. The van der Waals surface area contributed by atoms with Crippen LogP contribution in [0, 0.1) is 13.8 Å². The van der Waals surface area contributed by atoms with Gasteiger partial charge in [-0.05, 0) is 44.4 Å². The molecule has 1 heterocycles. The van der Waals surface area contributed by atoms with E-state index in [1.807, 2.05) is 0 Å². The number of anilines is 1. The van der Waals surface area contributed by atoms with Crippen LogP contribution in [-0.4, -0.2) is 4.98 Å². The van der Waals surface area contributed by atoms with E-state index in [9.17, 15) is 0 Å². The summed E-state index contributed by atoms with van der Waals surface area (Å²) >= 11 is 1.77. The molecule has 0 radical (unpaired) electrons. The Kier molecular flexibility index (Phi) is 4.97. The summed E-state index contributed by atoms with van der Waals surface area (Å²) in [7, 11) is 0. The molecule has 0 aliphatic heterocycles. The fourth-order valence-electron chi connectivity index (χ4n) is 2.09. The lowest BCUT2D eigenvalue weighted by molar-refractivity contribution is 0.795. The standard InChI is InChI=1S/C16H22N2S/c1-4-5-6-14-7-9-15(10-8-14)17-11-16-12(2)18-13(3)19-16/h7-10,17H,4-6,11H2,1-3H3. The second-order valence-electron chi connectivity index (χ2n) is 4.90. The van der Waals surface area contributed by atoms with Gasteiger partial charge >= 0.3 is 0 Å². The number of hydrogen-bond donors (Lipinski definition) is 1. The van der Waals surface area contributed by atoms with Crippen LogP contribution >= 0.6 is 11.3 Å². The van der Waals surface area contributed by atoms with Crippen molar-refractivity contribution in [3.05, 3.63) is 45.4 Å². The van der Waals surface area contributed by atoms with Crippen LogP contribution < -0.4 is 5.32 Å². The van der Waals surface area contributed by atoms with Gasteiger partial charge in [0.15, 0.2) is 0 Å². The van der Waals surface area contributed by atoms with Crippen molar-refractivity contribution in [2.24, 2.45) is 0 Å². The molecule has 1 N–H and O–H groups in total. The topological polar surface area (TPSA) is 24.9 Å². The molecule has 0 saturated heterocycles. The van der Waals surface area contributed by atoms with Crippen molar-refractivity contribution in [3.63, 3.8) is 0 Å². The Hall–Kier alpha value is -1.35. The minimum Gasteiger partial charge on any atom is -0.380 e. The van der Waals surface area contributed by atoms with Gasteiger partial charge in [-0.1, -0.05) is 25.5 Å². The molecule has 2 rings (SSSR count). The van der Waals surface area contributed by atoms with E-state index in [1.165, 1.54) is 35.4 Å². The molecule has 0 unspecified atom stereocenters. The molecule has 102 valence electrons. The highest BCUT2D eigenvalue weighted by molar-refractivity contribution is 7.11. The first kappa shape index (κ1) is 14.1. The van der Waals surface area contributed by atoms with Crippen molar-refractivity contribution < 1.29 is 0 Å². The summed E-state index contributed by atoms with van der Waals surface area (Å²) in [5.74, 6) is 0. The number of nitrogens with one attached hydrogen (secondary N) is 1. The number of aryl methyl sites for hydroxylation is 3. The van der Waals surface area contributed by atoms with Crippen molar-refractivity contribution >= 4 is 17.0 Å². The van der Waals surface area contributed by atoms with Gasteiger partial charge in [0.25, 0.3) is 0 Å². The van der Waals surface area contributed by atoms with Crippen LogP contribution in [0.15, 0.2) is 24.3 Å². The fraction of sp³-hybridized carbons (Fsp3) is 0.438. The average Bonchev–Trinajstić information content (AvgIpc) is 2.73. The lowest BCUT2D eigenvalue weighted by atomic mass is 10.1. The number of aromatic nitrogens is 1. The SMILES string of the molecule is CCCCc1ccc(NCc2sc(C)nc2C)cc1. The maximum absolute atomic E-state index is 4.45. The summed E-state index contributed by atoms with van der Waals surface area (Å²) in [6.45, 7) is 7.24. The van der Waals surface area contributed by atoms with Crippen LogP contribution in [0.3, 0.4) is 0 Å². The third kappa shape index (κ3) is 4.06. The van der Waals surface area contributed by atoms with Crippen LogP contribution in [0.2, 0.25) is 0 Å². The van der Waals surface area contributed by atoms with E-state index in [0.29, 0.717) is 0 Å². The number of nitrogens with zero attached hydrogens (tertiary/aromatic N) is 1. The zero-order chi connectivity index (χ0) is 13.7. The van der Waals surface area contributed by atoms with E-state index >= 15 is 0 Å². The highest BCUT2D eigenvalue weighted by Gasteiger charge is 2.04. The van der Waals surface area contributed by atoms with Crippen molar-refractivity contribution in [3.8, 4) is 0 Å². The number of thiazole rings is 1. The van der Waals surface area contributed by atoms with Gasteiger partial charge < -0.3 is 5.32 Å². The Balaban J connectivity index is 1.91. The van der Waals surface area contributed by atoms with E-state index in [2.05, 4.69) is 55.3 Å². The van der Waals surface area contributed by atoms with Crippen LogP contribution in [0.5, 0.6) is 0 Å². The lowest BCUT2D eigenvalue weighted by Gasteiger charge is -2.06. The molecule has 2 aromatic rings. The Labute approximate surface area is 119 Å². The van der Waals surface area contributed by atoms with E-state index in [0.717, 1.165) is 17.2 Å². The minimum atomic E-state index is 0.867. The summed E-state index contributed by atoms with van der Waals surface area (Å²) in [5, 5.41) is 4.61. The summed E-state index contributed by atoms with van der Waals surface area (Å²) in [6.07, 6.45) is 3.71. The summed E-state index contributed by atoms with van der Waals surface area (Å²) in [5.41, 5.74) is 3.76. The highest BCUT2D eigenvalue weighted by Crippen LogP contribution is 2.19. The molecule has 1 aromatic carbocycles. The number of hydrogen-bond acceptors (Lipinski definition) is 3. The largest absolute Gasteiger partial charge is 0.380 e. The third-order valence-electron chi connectivity index (χ3n) is 3.23. The van der Waals surface area contributed by atoms with Gasteiger partial charge in [-0.15, -0.1) is 11.3 Å². The van der Waals surface area contributed by atoms with Crippen molar-refractivity contribution in [2.75, 3.05) is 5.32 Å². The summed E-state index contributed by atoms with van der Waals surface area (Å²) in [6, 6.07) is 8.80. The second kappa shape index (κ2) is 6.71. The molecule has 0 aliphatic rings. The molecule has 19 heavy (non-hydrogen) atoms. The molecular formula is C16H22N2S. The lowest BCUT2D eigenvalue weighted by Crippen LogP contribution is -1.99. The predicted molar refractivity (Wildman–Crippen MR) is 84.0 cm³/mol. The predicted octanol–water partition coefficient (Wildman–Crippen LogP) is 4.71. The second-order valence-corrected chi connectivity index (χ2v) is 6.18. The maximum atomic E-state index is 4.45. The normalized spacial score (nSPS) is 10.7. The highest BCUT2D eigenvalue weighted by atomic mass is 32.1. The van der Waals surface area contributed by atoms with E-state index in [-0.39, 0.29) is 0 Å². The quantitative estimate of drug-likeness (QED) is 0.824. The molecule has 2 nitrogen and oxygen atoms in total. The Bertz CT molecular complexity index is 514. The number of benzene rings is 1. The smallest absolute Gasteiger partial charge is 0.0900 e. The van der Waals surface area contributed by atoms with Crippen LogP contribution in [-0.2, 0) is 13.0 Å². The van der Waals surface area contributed by atoms with Crippen molar-refractivity contribution in [1.82, 2.24) is 4.98 Å². The molecule has 3 heteroatoms. The summed E-state index contributed by atoms with van der Waals surface area (Å²) in [4.78, 5) is 5.78. The Morgan fingerprint density at radius 1 is 1.16 bits per heavy atom. The van der Waals surface area contributed by atoms with Crippen LogP contribution in [0.25, 0.3) is 0 Å². The van der Waals surface area contributed by atoms with Gasteiger partial charge in [0, 0.05) is 10.6 Å². The molecular weight excluding hydrogens is 252 g/mol. The number of unbranched alkanes of at least 4 members (excludes halogenated alkanes) is 1. The van der Waals surface area contributed by atoms with E-state index < -0.39 is 0 Å². The first-order chi connectivity index (χ1) is 9.19. The first-order valence-corrected chi connectivity index (χ1v) is 7.76. The Morgan fingerprint density at radius 3 is 2.47 bits per heavy atom. The first-order valence-electron chi connectivity index (χ1n) is 6.94. The van der Waals surface area contributed by atoms with Gasteiger partial charge in [0.05, 0.1) is 17.2 Å². The van der Waals surface area contributed by atoms with Crippen molar-refractivity contribution in [2.45, 2.75) is 46.6 Å². The zero-order valence-corrected chi connectivity index (χ0v) is 12.8. The van der Waals surface area contributed by atoms with Gasteiger partial charge in [-0.25, -0.2) is 4.98 Å². The molecule has 0 amide bonds. The molecule has 0 aliphatic carbocycles. The third-order valence-corrected chi connectivity index (χ3v) is 4.30. The fourth-order valence-corrected chi connectivity index (χ4v) is 2.97. The van der Waals surface area contributed by atoms with Gasteiger partial charge in [-0.3, -0.25) is 0 Å². The molecule has 1 aromatic heterocycles. The van der Waals surface area contributed by atoms with Crippen molar-refractivity contribution in [1.29, 1.82) is 0 Å². The molecule has 0 fully saturated rings. The molecule has 0 atom stereocenters. The van der Waals surface area contributed by atoms with Gasteiger partial charge in [-0.2, -0.15) is 0 Å². The van der Waals surface area contributed by atoms with Gasteiger partial charge in [0.1, 0.15) is 0 Å². The summed E-state index contributed by atoms with van der Waals surface area (Å²) < 4.78 is 0. The monoisotopic (exact) mass is 274 g/mol. The zero-order valence-electron chi connectivity index (χ0n) is 12.0. The van der Waals surface area contributed by atoms with Crippen LogP contribution in [0.1, 0.15) is 40.9 Å². The average molecular weight is 274 g/mol. The van der Waals surface area contributed by atoms with Gasteiger partial charge in [0.2, 0.25) is 0 Å². The van der Waals surface area contributed by atoms with E-state index in [1.54, 1.807) is 11.3 Å². The Morgan fingerprint density at radius 2 is 1.89 bits per heavy atom. The van der Waals surface area contributed by atoms with E-state index in [4.69, 9.17) is 0 Å². The molecule has 0 bridgehead atoms. The molecule has 0 spiro atoms. The van der Waals surface area contributed by atoms with Crippen LogP contribution in [0.4, 0.5) is 5.69 Å². The number of rotatable bonds is 6. The maximum Gasteiger partial charge on any atom is 0.0900 e. The molecule has 0 saturated carbocycles.